The monoisotopic (exact) mass is 471 g/mol. The summed E-state index contributed by atoms with van der Waals surface area (Å²) < 4.78 is 76.5. The van der Waals surface area contributed by atoms with Crippen molar-refractivity contribution in [1.29, 1.82) is 0 Å². The van der Waals surface area contributed by atoms with Crippen LogP contribution in [0.4, 0.5) is 18.0 Å². The molecule has 30 heavy (non-hydrogen) atoms. The molecule has 7 nitrogen and oxygen atoms in total. The maximum atomic E-state index is 14.9. The van der Waals surface area contributed by atoms with Crippen LogP contribution in [-0.2, 0) is 21.4 Å². The van der Waals surface area contributed by atoms with Crippen molar-refractivity contribution in [3.05, 3.63) is 34.6 Å². The fraction of sp³-hybridized carbons (Fsp3) is 0.611. The van der Waals surface area contributed by atoms with Gasteiger partial charge in [-0.15, -0.1) is 0 Å². The Hall–Kier alpha value is -1.56. The summed E-state index contributed by atoms with van der Waals surface area (Å²) in [7, 11) is -1.93. The largest absolute Gasteiger partial charge is 0.444 e. The van der Waals surface area contributed by atoms with E-state index in [-0.39, 0.29) is 10.6 Å². The van der Waals surface area contributed by atoms with Crippen molar-refractivity contribution >= 4 is 27.9 Å². The predicted octanol–water partition coefficient (Wildman–Crippen LogP) is 3.04. The van der Waals surface area contributed by atoms with Crippen molar-refractivity contribution in [2.45, 2.75) is 50.8 Å². The van der Waals surface area contributed by atoms with Crippen LogP contribution in [0.3, 0.4) is 0 Å². The van der Waals surface area contributed by atoms with E-state index < -0.39 is 58.7 Å². The summed E-state index contributed by atoms with van der Waals surface area (Å²) in [6.45, 7) is 3.61. The van der Waals surface area contributed by atoms with E-state index in [0.717, 1.165) is 9.21 Å². The first-order valence-electron chi connectivity index (χ1n) is 9.05. The summed E-state index contributed by atoms with van der Waals surface area (Å²) in [5.41, 5.74) is -1.01. The molecule has 0 radical (unpaired) electrons. The van der Waals surface area contributed by atoms with Gasteiger partial charge in [-0.2, -0.15) is 17.4 Å². The van der Waals surface area contributed by atoms with Gasteiger partial charge >= 0.3 is 6.09 Å². The summed E-state index contributed by atoms with van der Waals surface area (Å²) in [5.74, 6) is -4.45. The second-order valence-electron chi connectivity index (χ2n) is 8.24. The summed E-state index contributed by atoms with van der Waals surface area (Å²) in [6, 6.07) is 0.641. The van der Waals surface area contributed by atoms with Gasteiger partial charge in [0.1, 0.15) is 17.5 Å². The molecule has 1 aliphatic rings. The molecular weight excluding hydrogens is 447 g/mol. The van der Waals surface area contributed by atoms with E-state index in [9.17, 15) is 26.4 Å². The van der Waals surface area contributed by atoms with Crippen LogP contribution in [0.2, 0.25) is 5.02 Å². The van der Waals surface area contributed by atoms with E-state index in [2.05, 4.69) is 0 Å². The Labute approximate surface area is 179 Å². The Balaban J connectivity index is 2.49. The van der Waals surface area contributed by atoms with Gasteiger partial charge in [0.2, 0.25) is 0 Å². The van der Waals surface area contributed by atoms with E-state index in [0.29, 0.717) is 0 Å². The molecule has 2 rings (SSSR count). The van der Waals surface area contributed by atoms with Crippen molar-refractivity contribution in [2.24, 2.45) is 0 Å². The Morgan fingerprint density at radius 2 is 1.97 bits per heavy atom. The Kier molecular flexibility index (Phi) is 7.02. The first kappa shape index (κ1) is 24.7. The first-order valence-corrected chi connectivity index (χ1v) is 10.9. The van der Waals surface area contributed by atoms with Crippen LogP contribution in [0.5, 0.6) is 0 Å². The SMILES string of the molecule is CN(C)S(=O)(=O)N[C@@H]1[C@H](Cc2cccc(Cl)c2F)N(C(=O)OC(C)(C)C)CC1(F)F. The van der Waals surface area contributed by atoms with Gasteiger partial charge in [0, 0.05) is 14.1 Å². The van der Waals surface area contributed by atoms with E-state index in [1.54, 1.807) is 20.8 Å². The second-order valence-corrected chi connectivity index (χ2v) is 10.6. The van der Waals surface area contributed by atoms with Crippen LogP contribution in [0.15, 0.2) is 18.2 Å². The minimum absolute atomic E-state index is 0.0344. The summed E-state index contributed by atoms with van der Waals surface area (Å²) >= 11 is 5.78. The van der Waals surface area contributed by atoms with Gasteiger partial charge in [0.15, 0.2) is 0 Å². The molecule has 1 aromatic rings. The maximum absolute atomic E-state index is 14.9. The molecule has 0 aliphatic carbocycles. The lowest BCUT2D eigenvalue weighted by Crippen LogP contribution is -2.55. The van der Waals surface area contributed by atoms with Gasteiger partial charge in [-0.3, -0.25) is 4.90 Å². The number of hydrogen-bond acceptors (Lipinski definition) is 4. The Morgan fingerprint density at radius 3 is 2.50 bits per heavy atom. The van der Waals surface area contributed by atoms with Gasteiger partial charge < -0.3 is 4.74 Å². The predicted molar refractivity (Wildman–Crippen MR) is 106 cm³/mol. The highest BCUT2D eigenvalue weighted by Crippen LogP contribution is 2.36. The van der Waals surface area contributed by atoms with E-state index in [1.165, 1.54) is 32.3 Å². The van der Waals surface area contributed by atoms with Crippen LogP contribution < -0.4 is 4.72 Å². The number of likely N-dealkylation sites (tertiary alicyclic amines) is 1. The number of halogens is 4. The number of alkyl halides is 2. The molecule has 1 aliphatic heterocycles. The highest BCUT2D eigenvalue weighted by Gasteiger charge is 2.58. The molecule has 170 valence electrons. The summed E-state index contributed by atoms with van der Waals surface area (Å²) in [5, 5.41) is -0.216. The fourth-order valence-electron chi connectivity index (χ4n) is 3.01. The molecule has 1 aromatic carbocycles. The average Bonchev–Trinajstić information content (AvgIpc) is 2.81. The van der Waals surface area contributed by atoms with Gasteiger partial charge in [0.25, 0.3) is 16.1 Å². The third-order valence-corrected chi connectivity index (χ3v) is 6.27. The molecule has 0 saturated carbocycles. The molecule has 1 heterocycles. The second kappa shape index (κ2) is 8.52. The van der Waals surface area contributed by atoms with Crippen molar-refractivity contribution in [3.63, 3.8) is 0 Å². The number of ether oxygens (including phenoxy) is 1. The molecule has 1 N–H and O–H groups in total. The molecular formula is C18H25ClF3N3O4S. The standard InChI is InChI=1S/C18H25ClF3N3O4S/c1-17(2,3)29-16(26)25-10-18(21,22)15(23-30(27,28)24(4)5)13(25)9-11-7-6-8-12(19)14(11)20/h6-8,13,15,23H,9-10H2,1-5H3/t13-,15+/m0/s1. The Bertz CT molecular complexity index is 906. The van der Waals surface area contributed by atoms with Crippen molar-refractivity contribution < 1.29 is 31.1 Å². The molecule has 0 bridgehead atoms. The van der Waals surface area contributed by atoms with Crippen molar-refractivity contribution in [3.8, 4) is 0 Å². The van der Waals surface area contributed by atoms with Gasteiger partial charge in [0.05, 0.1) is 17.6 Å². The number of benzene rings is 1. The molecule has 1 fully saturated rings. The minimum Gasteiger partial charge on any atom is -0.444 e. The highest BCUT2D eigenvalue weighted by molar-refractivity contribution is 7.87. The van der Waals surface area contributed by atoms with E-state index >= 15 is 0 Å². The number of carbonyl (C=O) groups excluding carboxylic acids is 1. The van der Waals surface area contributed by atoms with Gasteiger partial charge in [-0.25, -0.2) is 18.0 Å². The summed E-state index contributed by atoms with van der Waals surface area (Å²) in [4.78, 5) is 13.3. The minimum atomic E-state index is -4.28. The lowest BCUT2D eigenvalue weighted by Gasteiger charge is -2.31. The van der Waals surface area contributed by atoms with Crippen LogP contribution in [0.1, 0.15) is 26.3 Å². The highest BCUT2D eigenvalue weighted by atomic mass is 35.5. The number of nitrogens with one attached hydrogen (secondary N) is 1. The molecule has 0 aromatic heterocycles. The lowest BCUT2D eigenvalue weighted by molar-refractivity contribution is -0.0125. The van der Waals surface area contributed by atoms with Crippen LogP contribution in [0.25, 0.3) is 0 Å². The molecule has 1 saturated heterocycles. The van der Waals surface area contributed by atoms with Crippen LogP contribution in [0, 0.1) is 5.82 Å². The Morgan fingerprint density at radius 1 is 1.37 bits per heavy atom. The zero-order valence-corrected chi connectivity index (χ0v) is 18.8. The number of rotatable bonds is 5. The quantitative estimate of drug-likeness (QED) is 0.716. The van der Waals surface area contributed by atoms with Crippen LogP contribution in [-0.4, -0.2) is 68.0 Å². The number of amides is 1. The van der Waals surface area contributed by atoms with Gasteiger partial charge in [-0.05, 0) is 38.8 Å². The molecule has 0 unspecified atom stereocenters. The summed E-state index contributed by atoms with van der Waals surface area (Å²) in [6.07, 6.45) is -1.46. The van der Waals surface area contributed by atoms with E-state index in [4.69, 9.17) is 16.3 Å². The first-order chi connectivity index (χ1) is 13.5. The average molecular weight is 472 g/mol. The molecule has 0 spiro atoms. The maximum Gasteiger partial charge on any atom is 0.410 e. The van der Waals surface area contributed by atoms with Gasteiger partial charge in [-0.1, -0.05) is 23.7 Å². The lowest BCUT2D eigenvalue weighted by atomic mass is 9.99. The number of nitrogens with zero attached hydrogens (tertiary/aromatic N) is 2. The smallest absolute Gasteiger partial charge is 0.410 e. The number of carbonyl (C=O) groups is 1. The number of hydrogen-bond donors (Lipinski definition) is 1. The molecule has 1 amide bonds. The molecule has 2 atom stereocenters. The zero-order chi connectivity index (χ0) is 23.1. The third-order valence-electron chi connectivity index (χ3n) is 4.47. The fourth-order valence-corrected chi connectivity index (χ4v) is 4.07. The van der Waals surface area contributed by atoms with E-state index in [1.807, 2.05) is 4.72 Å². The molecule has 12 heteroatoms. The topological polar surface area (TPSA) is 79.0 Å². The normalized spacial score (nSPS) is 21.9. The van der Waals surface area contributed by atoms with Crippen molar-refractivity contribution in [2.75, 3.05) is 20.6 Å². The van der Waals surface area contributed by atoms with Crippen molar-refractivity contribution in [1.82, 2.24) is 13.9 Å². The van der Waals surface area contributed by atoms with Crippen LogP contribution >= 0.6 is 11.6 Å². The zero-order valence-electron chi connectivity index (χ0n) is 17.2. The third kappa shape index (κ3) is 5.57.